The van der Waals surface area contributed by atoms with Crippen molar-refractivity contribution in [2.24, 2.45) is 5.41 Å². The Balaban J connectivity index is 1.84. The van der Waals surface area contributed by atoms with E-state index in [9.17, 15) is 9.59 Å². The highest BCUT2D eigenvalue weighted by Gasteiger charge is 2.45. The normalized spacial score (nSPS) is 22.6. The van der Waals surface area contributed by atoms with Crippen molar-refractivity contribution in [3.8, 4) is 17.2 Å². The van der Waals surface area contributed by atoms with Crippen LogP contribution in [0.1, 0.15) is 23.2 Å². The van der Waals surface area contributed by atoms with Crippen molar-refractivity contribution in [1.29, 1.82) is 0 Å². The number of methoxy groups -OCH3 is 3. The second-order valence-electron chi connectivity index (χ2n) is 6.34. The van der Waals surface area contributed by atoms with Gasteiger partial charge in [0.2, 0.25) is 11.7 Å². The van der Waals surface area contributed by atoms with E-state index in [0.29, 0.717) is 48.9 Å². The third-order valence-corrected chi connectivity index (χ3v) is 4.83. The highest BCUT2D eigenvalue weighted by Crippen LogP contribution is 2.40. The fourth-order valence-electron chi connectivity index (χ4n) is 3.54. The molecule has 1 unspecified atom stereocenters. The van der Waals surface area contributed by atoms with Crippen LogP contribution in [-0.2, 0) is 4.79 Å². The molecule has 0 saturated carbocycles. The van der Waals surface area contributed by atoms with Crippen molar-refractivity contribution in [3.63, 3.8) is 0 Å². The average molecular weight is 334 g/mol. The third kappa shape index (κ3) is 2.74. The molecule has 24 heavy (non-hydrogen) atoms. The van der Waals surface area contributed by atoms with Crippen LogP contribution in [0.15, 0.2) is 12.1 Å². The lowest BCUT2D eigenvalue weighted by atomic mass is 9.86. The number of ether oxygens (including phenoxy) is 3. The summed E-state index contributed by atoms with van der Waals surface area (Å²) in [6.07, 6.45) is 1.33. The summed E-state index contributed by atoms with van der Waals surface area (Å²) < 4.78 is 15.9. The SMILES string of the molecule is COc1cc(C(=O)N2CCC3(CNC(=O)C3)C2)cc(OC)c1OC. The summed E-state index contributed by atoms with van der Waals surface area (Å²) >= 11 is 0. The monoisotopic (exact) mass is 334 g/mol. The first-order chi connectivity index (χ1) is 11.5. The number of benzene rings is 1. The molecule has 0 aliphatic carbocycles. The zero-order valence-corrected chi connectivity index (χ0v) is 14.2. The molecule has 1 atom stereocenters. The van der Waals surface area contributed by atoms with Crippen LogP contribution >= 0.6 is 0 Å². The molecule has 0 radical (unpaired) electrons. The summed E-state index contributed by atoms with van der Waals surface area (Å²) in [4.78, 5) is 26.2. The van der Waals surface area contributed by atoms with Crippen molar-refractivity contribution < 1.29 is 23.8 Å². The largest absolute Gasteiger partial charge is 0.493 e. The van der Waals surface area contributed by atoms with Crippen LogP contribution in [0.3, 0.4) is 0 Å². The van der Waals surface area contributed by atoms with Crippen LogP contribution in [0, 0.1) is 5.41 Å². The number of likely N-dealkylation sites (tertiary alicyclic amines) is 1. The van der Waals surface area contributed by atoms with E-state index in [4.69, 9.17) is 14.2 Å². The van der Waals surface area contributed by atoms with Crippen molar-refractivity contribution >= 4 is 11.8 Å². The molecule has 7 nitrogen and oxygen atoms in total. The van der Waals surface area contributed by atoms with Gasteiger partial charge in [0.1, 0.15) is 0 Å². The topological polar surface area (TPSA) is 77.1 Å². The van der Waals surface area contributed by atoms with E-state index in [1.807, 2.05) is 0 Å². The molecule has 2 heterocycles. The molecule has 1 N–H and O–H groups in total. The van der Waals surface area contributed by atoms with Crippen LogP contribution in [0.2, 0.25) is 0 Å². The van der Waals surface area contributed by atoms with Gasteiger partial charge in [-0.2, -0.15) is 0 Å². The molecule has 1 aromatic rings. The molecule has 0 aromatic heterocycles. The van der Waals surface area contributed by atoms with Crippen molar-refractivity contribution in [3.05, 3.63) is 17.7 Å². The van der Waals surface area contributed by atoms with Crippen LogP contribution in [0.5, 0.6) is 17.2 Å². The van der Waals surface area contributed by atoms with E-state index in [0.717, 1.165) is 6.42 Å². The third-order valence-electron chi connectivity index (χ3n) is 4.83. The molecule has 7 heteroatoms. The number of nitrogens with one attached hydrogen (secondary N) is 1. The number of hydrogen-bond donors (Lipinski definition) is 1. The van der Waals surface area contributed by atoms with Gasteiger partial charge in [0.05, 0.1) is 21.3 Å². The number of amides is 2. The van der Waals surface area contributed by atoms with Gasteiger partial charge in [-0.3, -0.25) is 9.59 Å². The molecular weight excluding hydrogens is 312 g/mol. The van der Waals surface area contributed by atoms with Gasteiger partial charge < -0.3 is 24.4 Å². The fraction of sp³-hybridized carbons (Fsp3) is 0.529. The van der Waals surface area contributed by atoms with Gasteiger partial charge in [0.25, 0.3) is 5.91 Å². The van der Waals surface area contributed by atoms with Crippen molar-refractivity contribution in [2.75, 3.05) is 41.0 Å². The molecule has 2 aliphatic heterocycles. The number of carbonyl (C=O) groups excluding carboxylic acids is 2. The molecule has 1 spiro atoms. The lowest BCUT2D eigenvalue weighted by Crippen LogP contribution is -2.33. The Hall–Kier alpha value is -2.44. The molecule has 2 amide bonds. The van der Waals surface area contributed by atoms with E-state index in [1.165, 1.54) is 21.3 Å². The smallest absolute Gasteiger partial charge is 0.254 e. The molecule has 2 aliphatic rings. The second kappa shape index (κ2) is 6.22. The van der Waals surface area contributed by atoms with E-state index in [-0.39, 0.29) is 17.2 Å². The maximum absolute atomic E-state index is 12.9. The Morgan fingerprint density at radius 1 is 1.17 bits per heavy atom. The van der Waals surface area contributed by atoms with Gasteiger partial charge in [-0.25, -0.2) is 0 Å². The van der Waals surface area contributed by atoms with Gasteiger partial charge in [-0.1, -0.05) is 0 Å². The first kappa shape index (κ1) is 16.4. The second-order valence-corrected chi connectivity index (χ2v) is 6.34. The fourth-order valence-corrected chi connectivity index (χ4v) is 3.54. The number of nitrogens with zero attached hydrogens (tertiary/aromatic N) is 1. The minimum Gasteiger partial charge on any atom is -0.493 e. The van der Waals surface area contributed by atoms with E-state index >= 15 is 0 Å². The summed E-state index contributed by atoms with van der Waals surface area (Å²) in [5, 5.41) is 2.87. The first-order valence-electron chi connectivity index (χ1n) is 7.88. The Morgan fingerprint density at radius 3 is 2.33 bits per heavy atom. The Bertz CT molecular complexity index is 650. The molecule has 3 rings (SSSR count). The molecule has 2 saturated heterocycles. The maximum atomic E-state index is 12.9. The van der Waals surface area contributed by atoms with E-state index in [1.54, 1.807) is 17.0 Å². The van der Waals surface area contributed by atoms with Crippen LogP contribution in [-0.4, -0.2) is 57.7 Å². The predicted molar refractivity (Wildman–Crippen MR) is 86.7 cm³/mol. The zero-order valence-electron chi connectivity index (χ0n) is 14.2. The van der Waals surface area contributed by atoms with Gasteiger partial charge in [0.15, 0.2) is 11.5 Å². The van der Waals surface area contributed by atoms with E-state index in [2.05, 4.69) is 5.32 Å². The number of rotatable bonds is 4. The van der Waals surface area contributed by atoms with Gasteiger partial charge in [-0.15, -0.1) is 0 Å². The Kier molecular flexibility index (Phi) is 4.26. The number of hydrogen-bond acceptors (Lipinski definition) is 5. The molecule has 2 fully saturated rings. The van der Waals surface area contributed by atoms with Crippen molar-refractivity contribution in [2.45, 2.75) is 12.8 Å². The molecule has 130 valence electrons. The minimum atomic E-state index is -0.118. The standard InChI is InChI=1S/C17H22N2O5/c1-22-12-6-11(7-13(23-2)15(12)24-3)16(21)19-5-4-17(10-19)8-14(20)18-9-17/h6-7H,4-5,8-10H2,1-3H3,(H,18,20). The Morgan fingerprint density at radius 2 is 1.83 bits per heavy atom. The van der Waals surface area contributed by atoms with Gasteiger partial charge in [-0.05, 0) is 18.6 Å². The first-order valence-corrected chi connectivity index (χ1v) is 7.88. The molecule has 1 aromatic carbocycles. The summed E-state index contributed by atoms with van der Waals surface area (Å²) in [6.45, 7) is 1.87. The molecular formula is C17H22N2O5. The zero-order chi connectivity index (χ0) is 17.3. The summed E-state index contributed by atoms with van der Waals surface area (Å²) in [5.74, 6) is 1.33. The minimum absolute atomic E-state index is 0.0667. The lowest BCUT2D eigenvalue weighted by Gasteiger charge is -2.22. The van der Waals surface area contributed by atoms with Gasteiger partial charge >= 0.3 is 0 Å². The summed E-state index contributed by atoms with van der Waals surface area (Å²) in [6, 6.07) is 3.32. The highest BCUT2D eigenvalue weighted by molar-refractivity contribution is 5.96. The maximum Gasteiger partial charge on any atom is 0.254 e. The van der Waals surface area contributed by atoms with Crippen molar-refractivity contribution in [1.82, 2.24) is 10.2 Å². The van der Waals surface area contributed by atoms with Crippen LogP contribution < -0.4 is 19.5 Å². The molecule has 0 bridgehead atoms. The lowest BCUT2D eigenvalue weighted by molar-refractivity contribution is -0.119. The number of carbonyl (C=O) groups is 2. The Labute approximate surface area is 140 Å². The highest BCUT2D eigenvalue weighted by atomic mass is 16.5. The average Bonchev–Trinajstić information content (AvgIpc) is 3.18. The summed E-state index contributed by atoms with van der Waals surface area (Å²) in [7, 11) is 4.56. The van der Waals surface area contributed by atoms with Gasteiger partial charge in [0, 0.05) is 37.0 Å². The predicted octanol–water partition coefficient (Wildman–Crippen LogP) is 1.06. The van der Waals surface area contributed by atoms with Crippen LogP contribution in [0.4, 0.5) is 0 Å². The van der Waals surface area contributed by atoms with E-state index < -0.39 is 0 Å². The van der Waals surface area contributed by atoms with Crippen LogP contribution in [0.25, 0.3) is 0 Å². The summed E-state index contributed by atoms with van der Waals surface area (Å²) in [5.41, 5.74) is 0.367. The quantitative estimate of drug-likeness (QED) is 0.891.